The zero-order valence-corrected chi connectivity index (χ0v) is 21.3. The maximum atomic E-state index is 13.5. The van der Waals surface area contributed by atoms with E-state index in [2.05, 4.69) is 16.4 Å². The molecule has 1 aromatic carbocycles. The number of fused-ring (bicyclic) bond motifs is 1. The molecule has 3 aromatic rings. The predicted octanol–water partition coefficient (Wildman–Crippen LogP) is 5.26. The second kappa shape index (κ2) is 8.70. The number of hydrogen-bond acceptors (Lipinski definition) is 4. The molecule has 3 aliphatic rings. The zero-order valence-electron chi connectivity index (χ0n) is 20.5. The Hall–Kier alpha value is -2.71. The minimum absolute atomic E-state index is 0.0395. The first-order valence-corrected chi connectivity index (χ1v) is 13.1. The fourth-order valence-electron chi connectivity index (χ4n) is 6.71. The molecule has 1 amide bonds. The number of nitrogens with one attached hydrogen (secondary N) is 1. The second-order valence-electron chi connectivity index (χ2n) is 11.0. The molecular formula is C27H31ClFN5O2. The predicted molar refractivity (Wildman–Crippen MR) is 134 cm³/mol. The minimum Gasteiger partial charge on any atom is -0.384 e. The molecule has 0 radical (unpaired) electrons. The Morgan fingerprint density at radius 2 is 1.89 bits per heavy atom. The lowest BCUT2D eigenvalue weighted by Gasteiger charge is -2.25. The highest BCUT2D eigenvalue weighted by Gasteiger charge is 2.51. The number of aliphatic hydroxyl groups is 1. The van der Waals surface area contributed by atoms with E-state index in [-0.39, 0.29) is 16.8 Å². The first-order valence-electron chi connectivity index (χ1n) is 12.8. The molecule has 9 heteroatoms. The number of halogens is 2. The van der Waals surface area contributed by atoms with Crippen molar-refractivity contribution in [3.63, 3.8) is 0 Å². The van der Waals surface area contributed by atoms with Gasteiger partial charge in [0.15, 0.2) is 0 Å². The molecule has 0 aliphatic heterocycles. The third-order valence-electron chi connectivity index (χ3n) is 8.68. The van der Waals surface area contributed by atoms with Crippen molar-refractivity contribution in [2.24, 2.45) is 25.9 Å². The third kappa shape index (κ3) is 3.95. The Bertz CT molecular complexity index is 1320. The Morgan fingerprint density at radius 3 is 2.53 bits per heavy atom. The van der Waals surface area contributed by atoms with Crippen LogP contribution in [0.3, 0.4) is 0 Å². The van der Waals surface area contributed by atoms with E-state index < -0.39 is 11.4 Å². The van der Waals surface area contributed by atoms with Gasteiger partial charge in [0, 0.05) is 31.6 Å². The lowest BCUT2D eigenvalue weighted by molar-refractivity contribution is 0.0263. The molecule has 2 atom stereocenters. The number of carbonyl (C=O) groups excluding carboxylic acids is 1. The summed E-state index contributed by atoms with van der Waals surface area (Å²) in [6.45, 7) is 0. The first kappa shape index (κ1) is 23.7. The quantitative estimate of drug-likeness (QED) is 0.489. The van der Waals surface area contributed by atoms with Gasteiger partial charge < -0.3 is 15.0 Å². The molecule has 3 saturated carbocycles. The molecule has 0 spiro atoms. The van der Waals surface area contributed by atoms with E-state index >= 15 is 0 Å². The van der Waals surface area contributed by atoms with Crippen LogP contribution in [0, 0.1) is 17.7 Å². The summed E-state index contributed by atoms with van der Waals surface area (Å²) in [4.78, 5) is 17.8. The van der Waals surface area contributed by atoms with Crippen LogP contribution in [0.4, 0.5) is 10.1 Å². The van der Waals surface area contributed by atoms with E-state index in [1.807, 2.05) is 11.7 Å². The monoisotopic (exact) mass is 511 g/mol. The molecule has 7 nitrogen and oxygen atoms in total. The van der Waals surface area contributed by atoms with Gasteiger partial charge in [0.2, 0.25) is 0 Å². The summed E-state index contributed by atoms with van der Waals surface area (Å²) in [5.41, 5.74) is 2.93. The Morgan fingerprint density at radius 1 is 1.17 bits per heavy atom. The van der Waals surface area contributed by atoms with Crippen molar-refractivity contribution in [1.82, 2.24) is 19.3 Å². The highest BCUT2D eigenvalue weighted by atomic mass is 35.5. The largest absolute Gasteiger partial charge is 0.384 e. The summed E-state index contributed by atoms with van der Waals surface area (Å²) in [5, 5.41) is 19.2. The molecule has 36 heavy (non-hydrogen) atoms. The van der Waals surface area contributed by atoms with Crippen LogP contribution in [0.5, 0.6) is 0 Å². The van der Waals surface area contributed by atoms with E-state index in [9.17, 15) is 14.3 Å². The molecule has 2 aromatic heterocycles. The number of benzene rings is 1. The number of carbonyl (C=O) groups is 1. The van der Waals surface area contributed by atoms with E-state index in [0.717, 1.165) is 29.9 Å². The number of nitrogens with zero attached hydrogens (tertiary/aromatic N) is 4. The van der Waals surface area contributed by atoms with Crippen LogP contribution < -0.4 is 5.32 Å². The molecule has 3 fully saturated rings. The molecule has 0 saturated heterocycles. The lowest BCUT2D eigenvalue weighted by atomic mass is 9.82. The summed E-state index contributed by atoms with van der Waals surface area (Å²) in [7, 11) is 3.75. The zero-order chi connectivity index (χ0) is 25.2. The van der Waals surface area contributed by atoms with E-state index in [1.165, 1.54) is 37.5 Å². The van der Waals surface area contributed by atoms with Gasteiger partial charge in [-0.15, -0.1) is 0 Å². The van der Waals surface area contributed by atoms with Gasteiger partial charge in [0.1, 0.15) is 17.1 Å². The molecule has 2 heterocycles. The van der Waals surface area contributed by atoms with E-state index in [1.54, 1.807) is 17.9 Å². The van der Waals surface area contributed by atoms with Gasteiger partial charge in [0.25, 0.3) is 5.91 Å². The molecule has 6 rings (SSSR count). The minimum atomic E-state index is -0.851. The summed E-state index contributed by atoms with van der Waals surface area (Å²) in [6, 6.07) is 6.26. The number of aromatic nitrogens is 4. The van der Waals surface area contributed by atoms with Crippen LogP contribution in [0.1, 0.15) is 84.4 Å². The second-order valence-corrected chi connectivity index (χ2v) is 11.4. The summed E-state index contributed by atoms with van der Waals surface area (Å²) < 4.78 is 17.1. The molecule has 190 valence electrons. The maximum Gasteiger partial charge on any atom is 0.274 e. The van der Waals surface area contributed by atoms with E-state index in [4.69, 9.17) is 16.7 Å². The van der Waals surface area contributed by atoms with Crippen LogP contribution in [0.2, 0.25) is 5.02 Å². The number of rotatable bonds is 5. The number of aryl methyl sites for hydroxylation is 2. The average molecular weight is 512 g/mol. The fourth-order valence-corrected chi connectivity index (χ4v) is 6.89. The van der Waals surface area contributed by atoms with Gasteiger partial charge in [-0.2, -0.15) is 5.10 Å². The summed E-state index contributed by atoms with van der Waals surface area (Å²) >= 11 is 5.88. The van der Waals surface area contributed by atoms with Crippen molar-refractivity contribution in [3.8, 4) is 0 Å². The van der Waals surface area contributed by atoms with Crippen LogP contribution >= 0.6 is 11.6 Å². The van der Waals surface area contributed by atoms with Gasteiger partial charge in [-0.25, -0.2) is 9.37 Å². The van der Waals surface area contributed by atoms with Crippen molar-refractivity contribution in [2.75, 3.05) is 5.32 Å². The Kier molecular flexibility index (Phi) is 5.72. The van der Waals surface area contributed by atoms with Gasteiger partial charge in [-0.3, -0.25) is 9.48 Å². The van der Waals surface area contributed by atoms with Crippen molar-refractivity contribution in [1.29, 1.82) is 0 Å². The molecule has 2 N–H and O–H groups in total. The summed E-state index contributed by atoms with van der Waals surface area (Å²) in [6.07, 6.45) is 8.51. The van der Waals surface area contributed by atoms with E-state index in [0.29, 0.717) is 42.0 Å². The topological polar surface area (TPSA) is 85.0 Å². The van der Waals surface area contributed by atoms with Crippen molar-refractivity contribution < 1.29 is 14.3 Å². The highest BCUT2D eigenvalue weighted by molar-refractivity contribution is 6.31. The molecule has 0 bridgehead atoms. The first-order chi connectivity index (χ1) is 17.2. The number of anilines is 1. The summed E-state index contributed by atoms with van der Waals surface area (Å²) in [5.74, 6) is 0.615. The Balaban J connectivity index is 1.17. The average Bonchev–Trinajstić information content (AvgIpc) is 3.51. The van der Waals surface area contributed by atoms with Crippen molar-refractivity contribution >= 4 is 23.2 Å². The van der Waals surface area contributed by atoms with Gasteiger partial charge in [-0.1, -0.05) is 18.0 Å². The maximum absolute atomic E-state index is 13.5. The molecule has 2 unspecified atom stereocenters. The van der Waals surface area contributed by atoms with Gasteiger partial charge in [-0.05, 0) is 74.6 Å². The number of hydrogen-bond donors (Lipinski definition) is 2. The Labute approximate surface area is 214 Å². The standard InChI is InChI=1S/C27H31ClFN5O2/c1-33-14-30-24(25(33)26(35)31-19-6-7-21(29)20(28)10-19)16-8-17-12-27(36,13-18(17)9-16)23-11-22(32-34(23)2)15-4-3-5-15/h6-7,10-11,14-18,36H,3-5,8-9,12-13H2,1-2H3,(H,31,35). The van der Waals surface area contributed by atoms with Crippen LogP contribution in [0.15, 0.2) is 30.6 Å². The third-order valence-corrected chi connectivity index (χ3v) is 8.97. The highest BCUT2D eigenvalue weighted by Crippen LogP contribution is 2.57. The smallest absolute Gasteiger partial charge is 0.274 e. The number of amides is 1. The normalized spacial score (nSPS) is 27.8. The van der Waals surface area contributed by atoms with Crippen LogP contribution in [0.25, 0.3) is 0 Å². The molecule has 3 aliphatic carbocycles. The molecular weight excluding hydrogens is 481 g/mol. The van der Waals surface area contributed by atoms with Crippen molar-refractivity contribution in [2.45, 2.75) is 62.4 Å². The van der Waals surface area contributed by atoms with Gasteiger partial charge >= 0.3 is 0 Å². The van der Waals surface area contributed by atoms with Crippen LogP contribution in [-0.4, -0.2) is 30.3 Å². The number of imidazole rings is 1. The van der Waals surface area contributed by atoms with Crippen LogP contribution in [-0.2, 0) is 19.7 Å². The van der Waals surface area contributed by atoms with Gasteiger partial charge in [0.05, 0.1) is 28.4 Å². The lowest BCUT2D eigenvalue weighted by Crippen LogP contribution is -2.26. The van der Waals surface area contributed by atoms with Crippen molar-refractivity contribution in [3.05, 3.63) is 64.2 Å². The fraction of sp³-hybridized carbons (Fsp3) is 0.519. The SMILES string of the molecule is Cn1cnc(C2CC3CC(O)(c4cc(C5CCC5)nn4C)CC3C2)c1C(=O)Nc1ccc(F)c(Cl)c1.